The van der Waals surface area contributed by atoms with Gasteiger partial charge in [-0.3, -0.25) is 9.59 Å². The van der Waals surface area contributed by atoms with Gasteiger partial charge in [-0.2, -0.15) is 13.2 Å². The van der Waals surface area contributed by atoms with E-state index in [9.17, 15) is 27.6 Å². The number of ether oxygens (including phenoxy) is 1. The highest BCUT2D eigenvalue weighted by Crippen LogP contribution is 2.29. The van der Waals surface area contributed by atoms with E-state index in [4.69, 9.17) is 4.74 Å². The predicted molar refractivity (Wildman–Crippen MR) is 122 cm³/mol. The van der Waals surface area contributed by atoms with Crippen molar-refractivity contribution in [3.63, 3.8) is 0 Å². The molecular weight excluding hydrogens is 539 g/mol. The molecule has 0 unspecified atom stereocenters. The Morgan fingerprint density at radius 3 is 2.41 bits per heavy atom. The number of esters is 1. The molecule has 1 aromatic carbocycles. The molecule has 0 saturated carbocycles. The number of amides is 1. The molecule has 12 heteroatoms. The van der Waals surface area contributed by atoms with Gasteiger partial charge in [0.2, 0.25) is 5.91 Å². The third-order valence-electron chi connectivity index (χ3n) is 4.19. The van der Waals surface area contributed by atoms with Gasteiger partial charge in [-0.25, -0.2) is 14.8 Å². The minimum absolute atomic E-state index is 0.0503. The number of aromatic nitrogens is 2. The Kier molecular flexibility index (Phi) is 8.40. The maximum absolute atomic E-state index is 12.6. The Morgan fingerprint density at radius 1 is 1.03 bits per heavy atom. The van der Waals surface area contributed by atoms with Gasteiger partial charge in [-0.1, -0.05) is 39.8 Å². The molecule has 3 aromatic rings. The number of ketones is 1. The highest BCUT2D eigenvalue weighted by atomic mass is 79.9. The van der Waals surface area contributed by atoms with Crippen molar-refractivity contribution in [2.45, 2.75) is 11.2 Å². The molecule has 2 heterocycles. The Hall–Kier alpha value is -3.25. The zero-order valence-electron chi connectivity index (χ0n) is 17.1. The number of rotatable bonds is 8. The summed E-state index contributed by atoms with van der Waals surface area (Å²) in [6, 6.07) is 11.4. The fourth-order valence-corrected chi connectivity index (χ4v) is 3.58. The standard InChI is InChI=1S/C22H15BrF3N3O4S/c23-15-6-3-13(4-7-15)17(30)11-33-21(32)16-2-1-9-27-20(16)34-12-19(31)29-18-8-5-14(10-28-18)22(24,25)26/h1-10H,11-12H2,(H,28,29,31). The zero-order chi connectivity index (χ0) is 24.7. The first-order valence-electron chi connectivity index (χ1n) is 9.50. The molecule has 0 aliphatic rings. The second-order valence-corrected chi connectivity index (χ2v) is 8.51. The molecule has 0 saturated heterocycles. The number of hydrogen-bond acceptors (Lipinski definition) is 7. The molecule has 0 atom stereocenters. The van der Waals surface area contributed by atoms with Crippen molar-refractivity contribution < 1.29 is 32.3 Å². The Bertz CT molecular complexity index is 1190. The summed E-state index contributed by atoms with van der Waals surface area (Å²) in [4.78, 5) is 44.5. The topological polar surface area (TPSA) is 98.3 Å². The van der Waals surface area contributed by atoms with E-state index in [1.165, 1.54) is 18.3 Å². The lowest BCUT2D eigenvalue weighted by molar-refractivity contribution is -0.137. The highest BCUT2D eigenvalue weighted by molar-refractivity contribution is 9.10. The Morgan fingerprint density at radius 2 is 1.76 bits per heavy atom. The first kappa shape index (κ1) is 25.4. The molecule has 7 nitrogen and oxygen atoms in total. The third-order valence-corrected chi connectivity index (χ3v) is 5.72. The van der Waals surface area contributed by atoms with Crippen LogP contribution in [0.15, 0.2) is 70.4 Å². The lowest BCUT2D eigenvalue weighted by Crippen LogP contribution is -2.17. The normalized spacial score (nSPS) is 11.1. The van der Waals surface area contributed by atoms with E-state index in [0.29, 0.717) is 11.8 Å². The van der Waals surface area contributed by atoms with Crippen molar-refractivity contribution >= 4 is 51.2 Å². The van der Waals surface area contributed by atoms with Gasteiger partial charge in [0.05, 0.1) is 16.9 Å². The van der Waals surface area contributed by atoms with Crippen LogP contribution in [0.1, 0.15) is 26.3 Å². The maximum Gasteiger partial charge on any atom is 0.417 e. The van der Waals surface area contributed by atoms with E-state index < -0.39 is 30.2 Å². The minimum atomic E-state index is -4.53. The van der Waals surface area contributed by atoms with Gasteiger partial charge >= 0.3 is 12.1 Å². The maximum atomic E-state index is 12.6. The first-order chi connectivity index (χ1) is 16.1. The fraction of sp³-hybridized carbons (Fsp3) is 0.136. The Labute approximate surface area is 204 Å². The number of hydrogen-bond donors (Lipinski definition) is 1. The van der Waals surface area contributed by atoms with E-state index >= 15 is 0 Å². The van der Waals surface area contributed by atoms with E-state index in [0.717, 1.165) is 28.4 Å². The molecule has 0 radical (unpaired) electrons. The van der Waals surface area contributed by atoms with Gasteiger partial charge in [0.25, 0.3) is 0 Å². The minimum Gasteiger partial charge on any atom is -0.454 e. The molecule has 0 aliphatic heterocycles. The van der Waals surface area contributed by atoms with Gasteiger partial charge in [-0.15, -0.1) is 0 Å². The summed E-state index contributed by atoms with van der Waals surface area (Å²) in [5.74, 6) is -1.98. The zero-order valence-corrected chi connectivity index (χ0v) is 19.5. The molecule has 3 rings (SSSR count). The number of nitrogens with one attached hydrogen (secondary N) is 1. The number of halogens is 4. The quantitative estimate of drug-likeness (QED) is 0.237. The van der Waals surface area contributed by atoms with Gasteiger partial charge in [0.1, 0.15) is 10.8 Å². The molecule has 176 valence electrons. The average molecular weight is 554 g/mol. The van der Waals surface area contributed by atoms with Crippen molar-refractivity contribution in [3.05, 3.63) is 82.1 Å². The summed E-state index contributed by atoms with van der Waals surface area (Å²) in [6.45, 7) is -0.473. The summed E-state index contributed by atoms with van der Waals surface area (Å²) in [7, 11) is 0. The Balaban J connectivity index is 1.56. The summed E-state index contributed by atoms with van der Waals surface area (Å²) >= 11 is 4.19. The van der Waals surface area contributed by atoms with Crippen LogP contribution in [0, 0.1) is 0 Å². The summed E-state index contributed by atoms with van der Waals surface area (Å²) in [5.41, 5.74) is -0.489. The van der Waals surface area contributed by atoms with Crippen LogP contribution in [-0.2, 0) is 15.7 Å². The summed E-state index contributed by atoms with van der Waals surface area (Å²) in [6.07, 6.45) is -2.50. The molecule has 2 aromatic heterocycles. The number of anilines is 1. The average Bonchev–Trinajstić information content (AvgIpc) is 2.81. The van der Waals surface area contributed by atoms with Gasteiger partial charge in [0.15, 0.2) is 12.4 Å². The summed E-state index contributed by atoms with van der Waals surface area (Å²) < 4.78 is 43.7. The van der Waals surface area contributed by atoms with Crippen LogP contribution in [0.25, 0.3) is 0 Å². The van der Waals surface area contributed by atoms with Gasteiger partial charge in [0, 0.05) is 22.4 Å². The van der Waals surface area contributed by atoms with Crippen molar-refractivity contribution in [1.82, 2.24) is 9.97 Å². The number of carbonyl (C=O) groups excluding carboxylic acids is 3. The molecular formula is C22H15BrF3N3O4S. The highest BCUT2D eigenvalue weighted by Gasteiger charge is 2.30. The van der Waals surface area contributed by atoms with Crippen LogP contribution in [0.3, 0.4) is 0 Å². The van der Waals surface area contributed by atoms with Crippen molar-refractivity contribution in [2.24, 2.45) is 0 Å². The molecule has 1 amide bonds. The van der Waals surface area contributed by atoms with Gasteiger partial charge in [-0.05, 0) is 36.4 Å². The van der Waals surface area contributed by atoms with Crippen LogP contribution in [0.2, 0.25) is 0 Å². The number of benzene rings is 1. The van der Waals surface area contributed by atoms with Crippen molar-refractivity contribution in [2.75, 3.05) is 17.7 Å². The van der Waals surface area contributed by atoms with Crippen LogP contribution >= 0.6 is 27.7 Å². The lowest BCUT2D eigenvalue weighted by atomic mass is 10.1. The number of thioether (sulfide) groups is 1. The predicted octanol–water partition coefficient (Wildman–Crippen LogP) is 5.03. The van der Waals surface area contributed by atoms with Crippen LogP contribution in [0.5, 0.6) is 0 Å². The number of nitrogens with zero attached hydrogens (tertiary/aromatic N) is 2. The smallest absolute Gasteiger partial charge is 0.417 e. The first-order valence-corrected chi connectivity index (χ1v) is 11.3. The molecule has 0 bridgehead atoms. The van der Waals surface area contributed by atoms with Crippen LogP contribution < -0.4 is 5.32 Å². The van der Waals surface area contributed by atoms with Crippen molar-refractivity contribution in [3.8, 4) is 0 Å². The third kappa shape index (κ3) is 7.12. The SMILES string of the molecule is O=C(CSc1ncccc1C(=O)OCC(=O)c1ccc(Br)cc1)Nc1ccc(C(F)(F)F)cn1. The van der Waals surface area contributed by atoms with Crippen LogP contribution in [-0.4, -0.2) is 40.0 Å². The second-order valence-electron chi connectivity index (χ2n) is 6.63. The number of Topliss-reactive ketones (excluding diaryl/α,β-unsaturated/α-hetero) is 1. The lowest BCUT2D eigenvalue weighted by Gasteiger charge is -2.09. The van der Waals surface area contributed by atoms with Gasteiger partial charge < -0.3 is 10.1 Å². The fourth-order valence-electron chi connectivity index (χ4n) is 2.54. The van der Waals surface area contributed by atoms with E-state index in [1.54, 1.807) is 24.3 Å². The largest absolute Gasteiger partial charge is 0.454 e. The molecule has 0 fully saturated rings. The molecule has 34 heavy (non-hydrogen) atoms. The molecule has 1 N–H and O–H groups in total. The van der Waals surface area contributed by atoms with E-state index in [1.807, 2.05) is 0 Å². The number of carbonyl (C=O) groups is 3. The molecule has 0 aliphatic carbocycles. The van der Waals surface area contributed by atoms with Crippen molar-refractivity contribution in [1.29, 1.82) is 0 Å². The summed E-state index contributed by atoms with van der Waals surface area (Å²) in [5, 5.41) is 2.57. The van der Waals surface area contributed by atoms with Crippen LogP contribution in [0.4, 0.5) is 19.0 Å². The number of pyridine rings is 2. The van der Waals surface area contributed by atoms with E-state index in [2.05, 4.69) is 31.2 Å². The molecule has 0 spiro atoms. The number of alkyl halides is 3. The monoisotopic (exact) mass is 553 g/mol. The second kappa shape index (κ2) is 11.3. The van der Waals surface area contributed by atoms with E-state index in [-0.39, 0.29) is 27.9 Å².